The summed E-state index contributed by atoms with van der Waals surface area (Å²) in [6, 6.07) is 4.13. The number of carbonyl (C=O) groups excluding carboxylic acids is 1. The van der Waals surface area contributed by atoms with Crippen molar-refractivity contribution < 1.29 is 9.72 Å². The lowest BCUT2D eigenvalue weighted by molar-refractivity contribution is -0.384. The summed E-state index contributed by atoms with van der Waals surface area (Å²) in [4.78, 5) is 23.8. The normalized spacial score (nSPS) is 10.2. The molecule has 0 saturated heterocycles. The molecule has 21 heavy (non-hydrogen) atoms. The summed E-state index contributed by atoms with van der Waals surface area (Å²) in [6.45, 7) is 0.150. The Labute approximate surface area is 119 Å². The number of benzene rings is 1. The molecule has 0 bridgehead atoms. The predicted molar refractivity (Wildman–Crippen MR) is 72.6 cm³/mol. The number of nitrogens with one attached hydrogen (secondary N) is 2. The summed E-state index contributed by atoms with van der Waals surface area (Å²) in [7, 11) is 3.21. The van der Waals surface area contributed by atoms with Gasteiger partial charge in [0, 0.05) is 25.7 Å². The average molecular weight is 291 g/mol. The molecule has 2 aromatic rings. The lowest BCUT2D eigenvalue weighted by Gasteiger charge is -2.12. The number of amides is 1. The largest absolute Gasteiger partial charge is 0.372 e. The smallest absolute Gasteiger partial charge is 0.292 e. The Morgan fingerprint density at radius 1 is 1.48 bits per heavy atom. The highest BCUT2D eigenvalue weighted by Crippen LogP contribution is 2.26. The molecule has 0 aliphatic carbocycles. The van der Waals surface area contributed by atoms with Gasteiger partial charge in [-0.1, -0.05) is 5.21 Å². The summed E-state index contributed by atoms with van der Waals surface area (Å²) < 4.78 is 0. The molecule has 110 valence electrons. The monoisotopic (exact) mass is 291 g/mol. The topological polar surface area (TPSA) is 130 Å². The summed E-state index contributed by atoms with van der Waals surface area (Å²) in [5.41, 5.74) is 0.438. The first-order valence-corrected chi connectivity index (χ1v) is 5.95. The number of carbonyl (C=O) groups is 1. The van der Waals surface area contributed by atoms with Crippen molar-refractivity contribution in [2.75, 3.05) is 19.4 Å². The zero-order chi connectivity index (χ0) is 15.4. The zero-order valence-electron chi connectivity index (χ0n) is 11.4. The van der Waals surface area contributed by atoms with Gasteiger partial charge in [0.15, 0.2) is 5.82 Å². The number of tetrazole rings is 1. The lowest BCUT2D eigenvalue weighted by Crippen LogP contribution is -2.21. The molecular weight excluding hydrogens is 278 g/mol. The maximum absolute atomic E-state index is 11.9. The minimum absolute atomic E-state index is 0.131. The molecule has 0 aliphatic rings. The Morgan fingerprint density at radius 2 is 2.24 bits per heavy atom. The highest BCUT2D eigenvalue weighted by atomic mass is 16.6. The van der Waals surface area contributed by atoms with Crippen molar-refractivity contribution in [3.05, 3.63) is 39.7 Å². The first kappa shape index (κ1) is 14.4. The van der Waals surface area contributed by atoms with E-state index in [9.17, 15) is 14.9 Å². The van der Waals surface area contributed by atoms with Crippen LogP contribution in [0.5, 0.6) is 0 Å². The fourth-order valence-corrected chi connectivity index (χ4v) is 1.66. The average Bonchev–Trinajstić information content (AvgIpc) is 2.97. The first-order chi connectivity index (χ1) is 9.99. The maximum Gasteiger partial charge on any atom is 0.292 e. The van der Waals surface area contributed by atoms with E-state index in [2.05, 4.69) is 25.9 Å². The van der Waals surface area contributed by atoms with Gasteiger partial charge >= 0.3 is 0 Å². The van der Waals surface area contributed by atoms with Gasteiger partial charge in [0.1, 0.15) is 5.69 Å². The van der Waals surface area contributed by atoms with Crippen LogP contribution in [0, 0.1) is 10.1 Å². The van der Waals surface area contributed by atoms with Crippen LogP contribution in [0.15, 0.2) is 18.2 Å². The number of nitrogens with zero attached hydrogens (tertiary/aromatic N) is 5. The van der Waals surface area contributed by atoms with Crippen LogP contribution in [0.25, 0.3) is 0 Å². The van der Waals surface area contributed by atoms with Gasteiger partial charge in [0.2, 0.25) is 0 Å². The van der Waals surface area contributed by atoms with Crippen LogP contribution in [0.2, 0.25) is 0 Å². The van der Waals surface area contributed by atoms with Crippen LogP contribution in [0.3, 0.4) is 0 Å². The Morgan fingerprint density at radius 3 is 2.81 bits per heavy atom. The van der Waals surface area contributed by atoms with Crippen LogP contribution >= 0.6 is 0 Å². The van der Waals surface area contributed by atoms with E-state index < -0.39 is 4.92 Å². The Balaban J connectivity index is 2.28. The molecule has 1 amide bonds. The third-order valence-corrected chi connectivity index (χ3v) is 2.67. The molecule has 10 heteroatoms. The minimum Gasteiger partial charge on any atom is -0.372 e. The Hall–Kier alpha value is -3.04. The van der Waals surface area contributed by atoms with Gasteiger partial charge < -0.3 is 10.2 Å². The molecule has 2 rings (SSSR count). The van der Waals surface area contributed by atoms with Gasteiger partial charge in [-0.3, -0.25) is 14.9 Å². The van der Waals surface area contributed by atoms with E-state index in [1.165, 1.54) is 23.1 Å². The van der Waals surface area contributed by atoms with Crippen LogP contribution < -0.4 is 5.32 Å². The van der Waals surface area contributed by atoms with Crippen molar-refractivity contribution in [3.8, 4) is 0 Å². The molecule has 0 aliphatic heterocycles. The molecule has 1 aromatic heterocycles. The second-order valence-electron chi connectivity index (χ2n) is 4.37. The number of nitro groups is 1. The van der Waals surface area contributed by atoms with E-state index in [4.69, 9.17) is 0 Å². The van der Waals surface area contributed by atoms with Crippen molar-refractivity contribution in [1.29, 1.82) is 0 Å². The highest BCUT2D eigenvalue weighted by Gasteiger charge is 2.18. The van der Waals surface area contributed by atoms with E-state index in [1.807, 2.05) is 0 Å². The minimum atomic E-state index is -0.525. The Kier molecular flexibility index (Phi) is 4.07. The van der Waals surface area contributed by atoms with Crippen molar-refractivity contribution in [3.63, 3.8) is 0 Å². The molecule has 1 heterocycles. The van der Waals surface area contributed by atoms with E-state index in [1.54, 1.807) is 14.1 Å². The number of anilines is 1. The number of H-pyrrole nitrogens is 1. The summed E-state index contributed by atoms with van der Waals surface area (Å²) in [6.07, 6.45) is 0. The third-order valence-electron chi connectivity index (χ3n) is 2.67. The van der Waals surface area contributed by atoms with Crippen molar-refractivity contribution in [2.45, 2.75) is 6.54 Å². The van der Waals surface area contributed by atoms with Crippen molar-refractivity contribution in [2.24, 2.45) is 0 Å². The molecule has 0 atom stereocenters. The molecule has 0 spiro atoms. The predicted octanol–water partition coefficient (Wildman–Crippen LogP) is 0.422. The van der Waals surface area contributed by atoms with Gasteiger partial charge in [-0.2, -0.15) is 5.21 Å². The third kappa shape index (κ3) is 3.29. The lowest BCUT2D eigenvalue weighted by atomic mass is 10.1. The number of hydrogen-bond acceptors (Lipinski definition) is 7. The maximum atomic E-state index is 11.9. The van der Waals surface area contributed by atoms with Crippen molar-refractivity contribution >= 4 is 17.3 Å². The van der Waals surface area contributed by atoms with E-state index in [-0.39, 0.29) is 23.8 Å². The van der Waals surface area contributed by atoms with Gasteiger partial charge in [-0.25, -0.2) is 0 Å². The molecule has 0 radical (unpaired) electrons. The molecular formula is C11H13N7O3. The molecule has 0 saturated carbocycles. The summed E-state index contributed by atoms with van der Waals surface area (Å²) in [5.74, 6) is 0.112. The van der Waals surface area contributed by atoms with Crippen LogP contribution in [-0.4, -0.2) is 50.4 Å². The fourth-order valence-electron chi connectivity index (χ4n) is 1.66. The number of nitro benzene ring substituents is 1. The summed E-state index contributed by atoms with van der Waals surface area (Å²) >= 11 is 0. The van der Waals surface area contributed by atoms with Crippen molar-refractivity contribution in [1.82, 2.24) is 25.5 Å². The van der Waals surface area contributed by atoms with Crippen LogP contribution in [-0.2, 0) is 6.54 Å². The Bertz CT molecular complexity index is 654. The first-order valence-electron chi connectivity index (χ1n) is 5.95. The van der Waals surface area contributed by atoms with Gasteiger partial charge in [0.05, 0.1) is 11.5 Å². The molecule has 10 nitrogen and oxygen atoms in total. The van der Waals surface area contributed by atoms with Crippen LogP contribution in [0.1, 0.15) is 16.2 Å². The van der Waals surface area contributed by atoms with Crippen LogP contribution in [0.4, 0.5) is 11.4 Å². The number of hydrogen-bond donors (Lipinski definition) is 2. The fraction of sp³-hybridized carbons (Fsp3) is 0.273. The van der Waals surface area contributed by atoms with E-state index in [0.717, 1.165) is 0 Å². The van der Waals surface area contributed by atoms with Gasteiger partial charge in [-0.15, -0.1) is 10.2 Å². The molecule has 1 aromatic carbocycles. The second-order valence-corrected chi connectivity index (χ2v) is 4.37. The van der Waals surface area contributed by atoms with E-state index in [0.29, 0.717) is 11.4 Å². The summed E-state index contributed by atoms with van der Waals surface area (Å²) in [5, 5.41) is 27.0. The zero-order valence-corrected chi connectivity index (χ0v) is 11.4. The standard InChI is InChI=1S/C11H13N7O3/c1-17(2)11(19)7-3-4-9(18(20)21)8(5-7)12-6-10-13-15-16-14-10/h3-5,12H,6H2,1-2H3,(H,13,14,15,16). The molecule has 0 fully saturated rings. The number of rotatable bonds is 5. The highest BCUT2D eigenvalue weighted by molar-refractivity contribution is 5.95. The second kappa shape index (κ2) is 5.94. The van der Waals surface area contributed by atoms with E-state index >= 15 is 0 Å². The number of aromatic amines is 1. The van der Waals surface area contributed by atoms with Gasteiger partial charge in [-0.05, 0) is 12.1 Å². The van der Waals surface area contributed by atoms with Gasteiger partial charge in [0.25, 0.3) is 11.6 Å². The number of aromatic nitrogens is 4. The molecule has 2 N–H and O–H groups in total. The molecule has 0 unspecified atom stereocenters. The quantitative estimate of drug-likeness (QED) is 0.603. The SMILES string of the molecule is CN(C)C(=O)c1ccc([N+](=O)[O-])c(NCc2nn[nH]n2)c1.